The third-order valence-electron chi connectivity index (χ3n) is 3.76. The highest BCUT2D eigenvalue weighted by molar-refractivity contribution is 7.22. The number of rotatable bonds is 5. The number of thiazole rings is 2. The Balaban J connectivity index is 1.48. The molecule has 0 saturated carbocycles. The fourth-order valence-corrected chi connectivity index (χ4v) is 4.20. The van der Waals surface area contributed by atoms with E-state index in [1.807, 2.05) is 12.1 Å². The number of aromatic nitrogens is 3. The summed E-state index contributed by atoms with van der Waals surface area (Å²) in [5.74, 6) is 0. The standard InChI is InChI=1S/C18H16N4S2/c1-2-12-3-4-15-16(9-12)24-18(22-15)20-10-14-11-23-17(21-14)13-5-7-19-8-6-13/h3-9,11H,2,10H2,1H3,(H,20,22). The Morgan fingerprint density at radius 3 is 2.79 bits per heavy atom. The van der Waals surface area contributed by atoms with Crippen molar-refractivity contribution in [2.24, 2.45) is 0 Å². The highest BCUT2D eigenvalue weighted by Gasteiger charge is 2.07. The number of benzene rings is 1. The zero-order chi connectivity index (χ0) is 16.4. The van der Waals surface area contributed by atoms with Gasteiger partial charge in [0.15, 0.2) is 5.13 Å². The van der Waals surface area contributed by atoms with E-state index in [1.54, 1.807) is 35.1 Å². The maximum absolute atomic E-state index is 4.68. The number of anilines is 1. The lowest BCUT2D eigenvalue weighted by atomic mass is 10.2. The molecule has 0 spiro atoms. The van der Waals surface area contributed by atoms with Crippen molar-refractivity contribution in [1.29, 1.82) is 0 Å². The second-order valence-electron chi connectivity index (χ2n) is 5.41. The molecule has 1 aromatic carbocycles. The highest BCUT2D eigenvalue weighted by Crippen LogP contribution is 2.28. The maximum Gasteiger partial charge on any atom is 0.184 e. The van der Waals surface area contributed by atoms with Crippen LogP contribution in [0.5, 0.6) is 0 Å². The van der Waals surface area contributed by atoms with Crippen molar-refractivity contribution in [3.63, 3.8) is 0 Å². The summed E-state index contributed by atoms with van der Waals surface area (Å²) in [6, 6.07) is 10.4. The summed E-state index contributed by atoms with van der Waals surface area (Å²) in [5, 5.41) is 7.44. The van der Waals surface area contributed by atoms with Crippen molar-refractivity contribution in [3.05, 3.63) is 59.4 Å². The lowest BCUT2D eigenvalue weighted by Crippen LogP contribution is -1.98. The molecule has 0 fully saturated rings. The molecule has 24 heavy (non-hydrogen) atoms. The summed E-state index contributed by atoms with van der Waals surface area (Å²) < 4.78 is 1.23. The van der Waals surface area contributed by atoms with Gasteiger partial charge in [-0.25, -0.2) is 9.97 Å². The normalized spacial score (nSPS) is 11.0. The Labute approximate surface area is 148 Å². The Morgan fingerprint density at radius 2 is 1.96 bits per heavy atom. The van der Waals surface area contributed by atoms with Crippen molar-refractivity contribution in [2.75, 3.05) is 5.32 Å². The predicted octanol–water partition coefficient (Wildman–Crippen LogP) is 4.99. The van der Waals surface area contributed by atoms with Crippen LogP contribution in [0.4, 0.5) is 5.13 Å². The molecule has 6 heteroatoms. The molecule has 0 aliphatic rings. The van der Waals surface area contributed by atoms with Gasteiger partial charge in [0.2, 0.25) is 0 Å². The van der Waals surface area contributed by atoms with E-state index in [1.165, 1.54) is 10.3 Å². The first kappa shape index (κ1) is 15.2. The van der Waals surface area contributed by atoms with E-state index in [9.17, 15) is 0 Å². The SMILES string of the molecule is CCc1ccc2nc(NCc3csc(-c4ccncc4)n3)sc2c1. The molecule has 4 rings (SSSR count). The van der Waals surface area contributed by atoms with Gasteiger partial charge in [-0.15, -0.1) is 11.3 Å². The lowest BCUT2D eigenvalue weighted by molar-refractivity contribution is 1.07. The van der Waals surface area contributed by atoms with Gasteiger partial charge in [0.25, 0.3) is 0 Å². The minimum Gasteiger partial charge on any atom is -0.356 e. The molecule has 0 aliphatic carbocycles. The molecule has 0 saturated heterocycles. The van der Waals surface area contributed by atoms with Gasteiger partial charge in [0.1, 0.15) is 5.01 Å². The van der Waals surface area contributed by atoms with Crippen molar-refractivity contribution < 1.29 is 0 Å². The van der Waals surface area contributed by atoms with E-state index in [2.05, 4.69) is 50.8 Å². The van der Waals surface area contributed by atoms with E-state index < -0.39 is 0 Å². The Hall–Kier alpha value is -2.31. The van der Waals surface area contributed by atoms with Gasteiger partial charge in [0, 0.05) is 23.3 Å². The van der Waals surface area contributed by atoms with Crippen molar-refractivity contribution in [3.8, 4) is 10.6 Å². The molecule has 1 N–H and O–H groups in total. The monoisotopic (exact) mass is 352 g/mol. The van der Waals surface area contributed by atoms with Gasteiger partial charge in [-0.1, -0.05) is 24.3 Å². The molecular formula is C18H16N4S2. The molecule has 0 radical (unpaired) electrons. The average molecular weight is 352 g/mol. The van der Waals surface area contributed by atoms with E-state index >= 15 is 0 Å². The largest absolute Gasteiger partial charge is 0.356 e. The first-order valence-electron chi connectivity index (χ1n) is 7.80. The van der Waals surface area contributed by atoms with Crippen molar-refractivity contribution in [2.45, 2.75) is 19.9 Å². The number of pyridine rings is 1. The van der Waals surface area contributed by atoms with Crippen LogP contribution < -0.4 is 5.32 Å². The number of hydrogen-bond acceptors (Lipinski definition) is 6. The first-order chi connectivity index (χ1) is 11.8. The van der Waals surface area contributed by atoms with E-state index in [4.69, 9.17) is 0 Å². The molecule has 0 amide bonds. The van der Waals surface area contributed by atoms with Gasteiger partial charge in [-0.05, 0) is 36.2 Å². The average Bonchev–Trinajstić information content (AvgIpc) is 3.26. The van der Waals surface area contributed by atoms with Gasteiger partial charge < -0.3 is 5.32 Å². The van der Waals surface area contributed by atoms with Gasteiger partial charge in [-0.3, -0.25) is 4.98 Å². The molecule has 3 heterocycles. The van der Waals surface area contributed by atoms with Crippen LogP contribution in [-0.4, -0.2) is 15.0 Å². The molecule has 3 aromatic heterocycles. The third kappa shape index (κ3) is 3.16. The third-order valence-corrected chi connectivity index (χ3v) is 5.68. The number of nitrogens with one attached hydrogen (secondary N) is 1. The topological polar surface area (TPSA) is 50.7 Å². The number of fused-ring (bicyclic) bond motifs is 1. The molecule has 4 aromatic rings. The Kier molecular flexibility index (Phi) is 4.23. The molecule has 4 nitrogen and oxygen atoms in total. The van der Waals surface area contributed by atoms with Gasteiger partial charge in [0.05, 0.1) is 22.5 Å². The summed E-state index contributed by atoms with van der Waals surface area (Å²) in [4.78, 5) is 13.4. The number of hydrogen-bond donors (Lipinski definition) is 1. The van der Waals surface area contributed by atoms with E-state index in [0.717, 1.165) is 33.3 Å². The zero-order valence-electron chi connectivity index (χ0n) is 13.2. The second kappa shape index (κ2) is 6.67. The first-order valence-corrected chi connectivity index (χ1v) is 9.49. The van der Waals surface area contributed by atoms with Crippen LogP contribution in [0.1, 0.15) is 18.2 Å². The van der Waals surface area contributed by atoms with Crippen LogP contribution in [0, 0.1) is 0 Å². The predicted molar refractivity (Wildman–Crippen MR) is 102 cm³/mol. The maximum atomic E-state index is 4.68. The van der Waals surface area contributed by atoms with Crippen molar-refractivity contribution in [1.82, 2.24) is 15.0 Å². The molecule has 0 bridgehead atoms. The summed E-state index contributed by atoms with van der Waals surface area (Å²) in [6.07, 6.45) is 4.63. The highest BCUT2D eigenvalue weighted by atomic mass is 32.1. The minimum absolute atomic E-state index is 0.683. The molecule has 0 unspecified atom stereocenters. The van der Waals surface area contributed by atoms with Crippen LogP contribution in [0.25, 0.3) is 20.8 Å². The van der Waals surface area contributed by atoms with Crippen LogP contribution in [0.15, 0.2) is 48.1 Å². The fraction of sp³-hybridized carbons (Fsp3) is 0.167. The van der Waals surface area contributed by atoms with E-state index in [-0.39, 0.29) is 0 Å². The molecular weight excluding hydrogens is 336 g/mol. The molecule has 120 valence electrons. The van der Waals surface area contributed by atoms with E-state index in [0.29, 0.717) is 6.54 Å². The Morgan fingerprint density at radius 1 is 1.08 bits per heavy atom. The summed E-state index contributed by atoms with van der Waals surface area (Å²) in [5.41, 5.74) is 4.53. The van der Waals surface area contributed by atoms with Gasteiger partial charge in [-0.2, -0.15) is 0 Å². The second-order valence-corrected chi connectivity index (χ2v) is 7.30. The number of aryl methyl sites for hydroxylation is 1. The van der Waals surface area contributed by atoms with Crippen LogP contribution in [0.2, 0.25) is 0 Å². The van der Waals surface area contributed by atoms with Crippen LogP contribution in [0.3, 0.4) is 0 Å². The van der Waals surface area contributed by atoms with Gasteiger partial charge >= 0.3 is 0 Å². The van der Waals surface area contributed by atoms with Crippen LogP contribution in [-0.2, 0) is 13.0 Å². The minimum atomic E-state index is 0.683. The summed E-state index contributed by atoms with van der Waals surface area (Å²) in [7, 11) is 0. The molecule has 0 atom stereocenters. The van der Waals surface area contributed by atoms with Crippen LogP contribution >= 0.6 is 22.7 Å². The molecule has 0 aliphatic heterocycles. The summed E-state index contributed by atoms with van der Waals surface area (Å²) in [6.45, 7) is 2.85. The van der Waals surface area contributed by atoms with Crippen molar-refractivity contribution >= 4 is 38.0 Å². The lowest BCUT2D eigenvalue weighted by Gasteiger charge is -1.98. The smallest absolute Gasteiger partial charge is 0.184 e. The number of nitrogens with zero attached hydrogens (tertiary/aromatic N) is 3. The Bertz CT molecular complexity index is 959. The quantitative estimate of drug-likeness (QED) is 0.550. The zero-order valence-corrected chi connectivity index (χ0v) is 14.8. The summed E-state index contributed by atoms with van der Waals surface area (Å²) >= 11 is 3.35. The fourth-order valence-electron chi connectivity index (χ4n) is 2.45.